The van der Waals surface area contributed by atoms with E-state index in [4.69, 9.17) is 10.5 Å². The quantitative estimate of drug-likeness (QED) is 0.925. The number of carbonyl (C=O) groups excluding carboxylic acids is 1. The molecule has 1 aromatic rings. The van der Waals surface area contributed by atoms with Crippen LogP contribution in [0.2, 0.25) is 0 Å². The molecule has 1 fully saturated rings. The molecule has 1 heterocycles. The van der Waals surface area contributed by atoms with Crippen LogP contribution in [0.1, 0.15) is 30.9 Å². The standard InChI is InChI=1S/C17H26N2O2.ClH/c1-12-6-7-19(15(8-12)11-18)17(20)10-14-5-4-13(2)16(9-14)21-3;/h4-5,9,12,15H,6-8,10-11,18H2,1-3H3;1H. The van der Waals surface area contributed by atoms with Crippen LogP contribution in [-0.2, 0) is 11.2 Å². The highest BCUT2D eigenvalue weighted by Gasteiger charge is 2.28. The molecule has 2 rings (SSSR count). The number of carbonyl (C=O) groups is 1. The number of nitrogens with two attached hydrogens (primary N) is 1. The molecule has 0 spiro atoms. The minimum absolute atomic E-state index is 0. The lowest BCUT2D eigenvalue weighted by molar-refractivity contribution is -0.134. The average Bonchev–Trinajstić information content (AvgIpc) is 2.48. The second-order valence-electron chi connectivity index (χ2n) is 6.09. The molecule has 5 heteroatoms. The van der Waals surface area contributed by atoms with Crippen LogP contribution in [0.15, 0.2) is 18.2 Å². The van der Waals surface area contributed by atoms with E-state index in [0.29, 0.717) is 18.9 Å². The molecule has 22 heavy (non-hydrogen) atoms. The summed E-state index contributed by atoms with van der Waals surface area (Å²) in [5.74, 6) is 1.66. The Labute approximate surface area is 139 Å². The van der Waals surface area contributed by atoms with E-state index in [0.717, 1.165) is 36.3 Å². The molecule has 0 radical (unpaired) electrons. The molecule has 4 nitrogen and oxygen atoms in total. The number of aryl methyl sites for hydroxylation is 1. The number of hydrogen-bond donors (Lipinski definition) is 1. The summed E-state index contributed by atoms with van der Waals surface area (Å²) in [4.78, 5) is 14.5. The Bertz CT molecular complexity index is 507. The van der Waals surface area contributed by atoms with Gasteiger partial charge in [-0.25, -0.2) is 0 Å². The number of ether oxygens (including phenoxy) is 1. The molecule has 2 N–H and O–H groups in total. The Morgan fingerprint density at radius 1 is 1.45 bits per heavy atom. The van der Waals surface area contributed by atoms with Crippen LogP contribution < -0.4 is 10.5 Å². The summed E-state index contributed by atoms with van der Waals surface area (Å²) in [7, 11) is 1.66. The molecule has 0 aliphatic carbocycles. The lowest BCUT2D eigenvalue weighted by Gasteiger charge is -2.38. The van der Waals surface area contributed by atoms with Gasteiger partial charge in [-0.2, -0.15) is 0 Å². The number of amides is 1. The van der Waals surface area contributed by atoms with Crippen molar-refractivity contribution in [2.45, 2.75) is 39.2 Å². The monoisotopic (exact) mass is 326 g/mol. The van der Waals surface area contributed by atoms with Crippen molar-refractivity contribution >= 4 is 18.3 Å². The third-order valence-corrected chi connectivity index (χ3v) is 4.40. The van der Waals surface area contributed by atoms with Gasteiger partial charge in [-0.3, -0.25) is 4.79 Å². The maximum Gasteiger partial charge on any atom is 0.227 e. The molecule has 1 aliphatic rings. The van der Waals surface area contributed by atoms with Crippen molar-refractivity contribution in [3.05, 3.63) is 29.3 Å². The Kier molecular flexibility index (Phi) is 7.17. The molecule has 0 aromatic heterocycles. The van der Waals surface area contributed by atoms with Crippen molar-refractivity contribution < 1.29 is 9.53 Å². The van der Waals surface area contributed by atoms with Gasteiger partial charge in [-0.05, 0) is 42.9 Å². The van der Waals surface area contributed by atoms with Gasteiger partial charge in [-0.15, -0.1) is 12.4 Å². The number of halogens is 1. The van der Waals surface area contributed by atoms with Gasteiger partial charge in [0.1, 0.15) is 5.75 Å². The van der Waals surface area contributed by atoms with Gasteiger partial charge in [0, 0.05) is 19.1 Å². The first kappa shape index (κ1) is 18.8. The second kappa shape index (κ2) is 8.39. The zero-order valence-corrected chi connectivity index (χ0v) is 14.5. The predicted octanol–water partition coefficient (Wildman–Crippen LogP) is 2.55. The van der Waals surface area contributed by atoms with Crippen LogP contribution in [0, 0.1) is 12.8 Å². The normalized spacial score (nSPS) is 21.2. The molecular weight excluding hydrogens is 300 g/mol. The number of hydrogen-bond acceptors (Lipinski definition) is 3. The summed E-state index contributed by atoms with van der Waals surface area (Å²) >= 11 is 0. The zero-order valence-electron chi connectivity index (χ0n) is 13.7. The average molecular weight is 327 g/mol. The predicted molar refractivity (Wildman–Crippen MR) is 91.6 cm³/mol. The molecule has 0 bridgehead atoms. The highest BCUT2D eigenvalue weighted by atomic mass is 35.5. The van der Waals surface area contributed by atoms with Crippen molar-refractivity contribution in [3.63, 3.8) is 0 Å². The van der Waals surface area contributed by atoms with Gasteiger partial charge in [0.05, 0.1) is 13.5 Å². The highest BCUT2D eigenvalue weighted by molar-refractivity contribution is 5.85. The smallest absolute Gasteiger partial charge is 0.227 e. The first-order chi connectivity index (χ1) is 10.0. The fraction of sp³-hybridized carbons (Fsp3) is 0.588. The second-order valence-corrected chi connectivity index (χ2v) is 6.09. The van der Waals surface area contributed by atoms with E-state index in [1.54, 1.807) is 7.11 Å². The highest BCUT2D eigenvalue weighted by Crippen LogP contribution is 2.24. The Balaban J connectivity index is 0.00000242. The van der Waals surface area contributed by atoms with Crippen LogP contribution >= 0.6 is 12.4 Å². The lowest BCUT2D eigenvalue weighted by atomic mass is 9.92. The van der Waals surface area contributed by atoms with Gasteiger partial charge in [0.25, 0.3) is 0 Å². The molecule has 1 aromatic carbocycles. The third-order valence-electron chi connectivity index (χ3n) is 4.40. The SMILES string of the molecule is COc1cc(CC(=O)N2CCC(C)CC2CN)ccc1C.Cl. The molecule has 124 valence electrons. The van der Waals surface area contributed by atoms with E-state index in [9.17, 15) is 4.79 Å². The number of piperidine rings is 1. The van der Waals surface area contributed by atoms with Gasteiger partial charge in [0.2, 0.25) is 5.91 Å². The van der Waals surface area contributed by atoms with Gasteiger partial charge in [0.15, 0.2) is 0 Å². The van der Waals surface area contributed by atoms with Crippen LogP contribution in [0.3, 0.4) is 0 Å². The number of methoxy groups -OCH3 is 1. The summed E-state index contributed by atoms with van der Waals surface area (Å²) < 4.78 is 5.32. The number of benzene rings is 1. The summed E-state index contributed by atoms with van der Waals surface area (Å²) in [6.45, 7) is 5.61. The third kappa shape index (κ3) is 4.37. The van der Waals surface area contributed by atoms with E-state index in [2.05, 4.69) is 6.92 Å². The van der Waals surface area contributed by atoms with Crippen molar-refractivity contribution in [2.75, 3.05) is 20.2 Å². The van der Waals surface area contributed by atoms with Crippen LogP contribution in [0.4, 0.5) is 0 Å². The van der Waals surface area contributed by atoms with E-state index in [-0.39, 0.29) is 24.4 Å². The van der Waals surface area contributed by atoms with Crippen LogP contribution in [-0.4, -0.2) is 37.0 Å². The molecule has 2 unspecified atom stereocenters. The molecule has 2 atom stereocenters. The summed E-state index contributed by atoms with van der Waals surface area (Å²) in [5, 5.41) is 0. The maximum absolute atomic E-state index is 12.6. The van der Waals surface area contributed by atoms with E-state index in [1.807, 2.05) is 30.0 Å². The van der Waals surface area contributed by atoms with E-state index < -0.39 is 0 Å². The molecule has 1 saturated heterocycles. The van der Waals surface area contributed by atoms with Crippen molar-refractivity contribution in [1.29, 1.82) is 0 Å². The van der Waals surface area contributed by atoms with Crippen molar-refractivity contribution in [3.8, 4) is 5.75 Å². The first-order valence-corrected chi connectivity index (χ1v) is 7.68. The fourth-order valence-corrected chi connectivity index (χ4v) is 3.05. The minimum Gasteiger partial charge on any atom is -0.496 e. The first-order valence-electron chi connectivity index (χ1n) is 7.68. The lowest BCUT2D eigenvalue weighted by Crippen LogP contribution is -2.49. The zero-order chi connectivity index (χ0) is 15.4. The van der Waals surface area contributed by atoms with Gasteiger partial charge < -0.3 is 15.4 Å². The largest absolute Gasteiger partial charge is 0.496 e. The Morgan fingerprint density at radius 3 is 2.82 bits per heavy atom. The molecular formula is C17H27ClN2O2. The minimum atomic E-state index is 0. The van der Waals surface area contributed by atoms with Gasteiger partial charge >= 0.3 is 0 Å². The van der Waals surface area contributed by atoms with Crippen molar-refractivity contribution in [2.24, 2.45) is 11.7 Å². The number of nitrogens with zero attached hydrogens (tertiary/aromatic N) is 1. The number of rotatable bonds is 4. The maximum atomic E-state index is 12.6. The van der Waals surface area contributed by atoms with E-state index >= 15 is 0 Å². The Hall–Kier alpha value is -1.26. The molecule has 1 amide bonds. The molecule has 1 aliphatic heterocycles. The fourth-order valence-electron chi connectivity index (χ4n) is 3.05. The van der Waals surface area contributed by atoms with Crippen LogP contribution in [0.5, 0.6) is 5.75 Å². The Morgan fingerprint density at radius 2 is 2.18 bits per heavy atom. The van der Waals surface area contributed by atoms with Crippen molar-refractivity contribution in [1.82, 2.24) is 4.90 Å². The van der Waals surface area contributed by atoms with Crippen LogP contribution in [0.25, 0.3) is 0 Å². The molecule has 0 saturated carbocycles. The summed E-state index contributed by atoms with van der Waals surface area (Å²) in [6, 6.07) is 6.14. The topological polar surface area (TPSA) is 55.6 Å². The summed E-state index contributed by atoms with van der Waals surface area (Å²) in [6.07, 6.45) is 2.50. The summed E-state index contributed by atoms with van der Waals surface area (Å²) in [5.41, 5.74) is 7.92. The van der Waals surface area contributed by atoms with Gasteiger partial charge in [-0.1, -0.05) is 19.1 Å². The number of likely N-dealkylation sites (tertiary alicyclic amines) is 1. The van der Waals surface area contributed by atoms with E-state index in [1.165, 1.54) is 0 Å².